The lowest BCUT2D eigenvalue weighted by Crippen LogP contribution is -2.13. The van der Waals surface area contributed by atoms with Crippen molar-refractivity contribution in [2.24, 2.45) is 0 Å². The highest BCUT2D eigenvalue weighted by molar-refractivity contribution is 9.10. The third kappa shape index (κ3) is 5.46. The molecule has 0 aliphatic heterocycles. The Bertz CT molecular complexity index is 849. The number of carbonyl (C=O) groups excluding carboxylic acids is 1. The van der Waals surface area contributed by atoms with Gasteiger partial charge in [0.2, 0.25) is 5.91 Å². The second-order valence-corrected chi connectivity index (χ2v) is 6.67. The molecule has 0 saturated heterocycles. The fourth-order valence-electron chi connectivity index (χ4n) is 2.47. The van der Waals surface area contributed by atoms with Gasteiger partial charge in [0.25, 0.3) is 0 Å². The number of nitrogens with one attached hydrogen (secondary N) is 1. The van der Waals surface area contributed by atoms with Crippen molar-refractivity contribution in [3.63, 3.8) is 0 Å². The van der Waals surface area contributed by atoms with Gasteiger partial charge in [-0.2, -0.15) is 5.10 Å². The normalized spacial score (nSPS) is 10.5. The number of rotatable bonds is 8. The van der Waals surface area contributed by atoms with Gasteiger partial charge in [0.05, 0.1) is 17.6 Å². The highest BCUT2D eigenvalue weighted by Gasteiger charge is 2.06. The summed E-state index contributed by atoms with van der Waals surface area (Å²) >= 11 is 3.43. The lowest BCUT2D eigenvalue weighted by atomic mass is 10.2. The predicted octanol–water partition coefficient (Wildman–Crippen LogP) is 4.49. The Labute approximate surface area is 161 Å². The van der Waals surface area contributed by atoms with E-state index in [1.807, 2.05) is 60.8 Å². The van der Waals surface area contributed by atoms with Crippen molar-refractivity contribution in [2.75, 3.05) is 11.9 Å². The molecule has 1 N–H and O–H groups in total. The van der Waals surface area contributed by atoms with Crippen LogP contribution >= 0.6 is 15.9 Å². The van der Waals surface area contributed by atoms with Gasteiger partial charge in [0.15, 0.2) is 5.82 Å². The molecule has 1 heterocycles. The molecule has 0 radical (unpaired) electrons. The van der Waals surface area contributed by atoms with Crippen LogP contribution in [0.2, 0.25) is 0 Å². The van der Waals surface area contributed by atoms with Crippen LogP contribution in [0.15, 0.2) is 71.3 Å². The molecule has 134 valence electrons. The molecular weight excluding hydrogens is 394 g/mol. The Hall–Kier alpha value is -2.60. The zero-order valence-electron chi connectivity index (χ0n) is 14.3. The fourth-order valence-corrected chi connectivity index (χ4v) is 2.87. The van der Waals surface area contributed by atoms with Crippen LogP contribution in [-0.2, 0) is 11.3 Å². The highest BCUT2D eigenvalue weighted by Crippen LogP contribution is 2.23. The molecule has 0 atom stereocenters. The molecule has 6 heteroatoms. The first kappa shape index (κ1) is 18.2. The largest absolute Gasteiger partial charge is 0.492 e. The number of aromatic nitrogens is 2. The molecule has 0 saturated carbocycles. The minimum Gasteiger partial charge on any atom is -0.492 e. The van der Waals surface area contributed by atoms with E-state index in [0.29, 0.717) is 31.8 Å². The SMILES string of the molecule is O=C(CCCOc1ccccc1Br)Nc1ccn(Cc2ccccc2)n1. The highest BCUT2D eigenvalue weighted by atomic mass is 79.9. The number of hydrogen-bond acceptors (Lipinski definition) is 3. The Balaban J connectivity index is 1.40. The summed E-state index contributed by atoms with van der Waals surface area (Å²) in [6.07, 6.45) is 2.88. The Kier molecular flexibility index (Phi) is 6.44. The molecule has 3 aromatic rings. The maximum Gasteiger partial charge on any atom is 0.225 e. The average molecular weight is 414 g/mol. The molecule has 0 fully saturated rings. The molecular formula is C20H20BrN3O2. The van der Waals surface area contributed by atoms with Crippen LogP contribution in [0, 0.1) is 0 Å². The number of hydrogen-bond donors (Lipinski definition) is 1. The van der Waals surface area contributed by atoms with Crippen LogP contribution in [-0.4, -0.2) is 22.3 Å². The van der Waals surface area contributed by atoms with E-state index in [1.165, 1.54) is 0 Å². The van der Waals surface area contributed by atoms with E-state index < -0.39 is 0 Å². The first-order valence-corrected chi connectivity index (χ1v) is 9.24. The number of ether oxygens (including phenoxy) is 1. The number of carbonyl (C=O) groups is 1. The van der Waals surface area contributed by atoms with Gasteiger partial charge in [-0.25, -0.2) is 0 Å². The van der Waals surface area contributed by atoms with Crippen molar-refractivity contribution in [1.82, 2.24) is 9.78 Å². The summed E-state index contributed by atoms with van der Waals surface area (Å²) in [4.78, 5) is 12.0. The molecule has 0 aliphatic carbocycles. The fraction of sp³-hybridized carbons (Fsp3) is 0.200. The molecule has 1 aromatic heterocycles. The van der Waals surface area contributed by atoms with E-state index in [9.17, 15) is 4.79 Å². The summed E-state index contributed by atoms with van der Waals surface area (Å²) in [6, 6.07) is 19.5. The third-order valence-electron chi connectivity index (χ3n) is 3.74. The lowest BCUT2D eigenvalue weighted by molar-refractivity contribution is -0.116. The summed E-state index contributed by atoms with van der Waals surface area (Å²) in [6.45, 7) is 1.16. The number of amides is 1. The first-order chi connectivity index (χ1) is 12.7. The molecule has 5 nitrogen and oxygen atoms in total. The van der Waals surface area contributed by atoms with E-state index in [-0.39, 0.29) is 5.91 Å². The maximum absolute atomic E-state index is 12.0. The van der Waals surface area contributed by atoms with Gasteiger partial charge >= 0.3 is 0 Å². The number of benzene rings is 2. The minimum atomic E-state index is -0.0642. The lowest BCUT2D eigenvalue weighted by Gasteiger charge is -2.07. The summed E-state index contributed by atoms with van der Waals surface area (Å²) in [5, 5.41) is 7.20. The maximum atomic E-state index is 12.0. The number of nitrogens with zero attached hydrogens (tertiary/aromatic N) is 2. The Morgan fingerprint density at radius 3 is 2.65 bits per heavy atom. The van der Waals surface area contributed by atoms with Gasteiger partial charge in [0.1, 0.15) is 5.75 Å². The van der Waals surface area contributed by atoms with Crippen LogP contribution in [0.3, 0.4) is 0 Å². The summed E-state index contributed by atoms with van der Waals surface area (Å²) in [7, 11) is 0. The summed E-state index contributed by atoms with van der Waals surface area (Å²) < 4.78 is 8.38. The van der Waals surface area contributed by atoms with E-state index in [4.69, 9.17) is 4.74 Å². The van der Waals surface area contributed by atoms with E-state index in [1.54, 1.807) is 10.7 Å². The van der Waals surface area contributed by atoms with Crippen molar-refractivity contribution < 1.29 is 9.53 Å². The van der Waals surface area contributed by atoms with Gasteiger partial charge in [-0.15, -0.1) is 0 Å². The Morgan fingerprint density at radius 1 is 1.08 bits per heavy atom. The number of para-hydroxylation sites is 1. The van der Waals surface area contributed by atoms with Crippen LogP contribution in [0.1, 0.15) is 18.4 Å². The van der Waals surface area contributed by atoms with E-state index in [2.05, 4.69) is 26.3 Å². The first-order valence-electron chi connectivity index (χ1n) is 8.45. The predicted molar refractivity (Wildman–Crippen MR) is 105 cm³/mol. The zero-order chi connectivity index (χ0) is 18.2. The number of halogens is 1. The van der Waals surface area contributed by atoms with Gasteiger partial charge < -0.3 is 10.1 Å². The van der Waals surface area contributed by atoms with Gasteiger partial charge in [-0.3, -0.25) is 9.48 Å². The standard InChI is InChI=1S/C20H20BrN3O2/c21-17-9-4-5-10-18(17)26-14-6-11-20(25)22-19-12-13-24(23-19)15-16-7-2-1-3-8-16/h1-5,7-10,12-13H,6,11,14-15H2,(H,22,23,25). The summed E-state index contributed by atoms with van der Waals surface area (Å²) in [5.41, 5.74) is 1.16. The van der Waals surface area contributed by atoms with Crippen LogP contribution in [0.25, 0.3) is 0 Å². The molecule has 26 heavy (non-hydrogen) atoms. The molecule has 0 spiro atoms. The molecule has 0 aliphatic rings. The second-order valence-electron chi connectivity index (χ2n) is 5.81. The van der Waals surface area contributed by atoms with Crippen molar-refractivity contribution in [1.29, 1.82) is 0 Å². The monoisotopic (exact) mass is 413 g/mol. The Morgan fingerprint density at radius 2 is 1.85 bits per heavy atom. The van der Waals surface area contributed by atoms with Crippen molar-refractivity contribution in [3.8, 4) is 5.75 Å². The smallest absolute Gasteiger partial charge is 0.225 e. The molecule has 0 bridgehead atoms. The topological polar surface area (TPSA) is 56.1 Å². The van der Waals surface area contributed by atoms with E-state index in [0.717, 1.165) is 15.8 Å². The zero-order valence-corrected chi connectivity index (χ0v) is 15.9. The second kappa shape index (κ2) is 9.20. The van der Waals surface area contributed by atoms with Crippen molar-refractivity contribution in [2.45, 2.75) is 19.4 Å². The van der Waals surface area contributed by atoms with Crippen LogP contribution in [0.4, 0.5) is 5.82 Å². The number of anilines is 1. The molecule has 1 amide bonds. The van der Waals surface area contributed by atoms with Gasteiger partial charge in [0, 0.05) is 18.7 Å². The third-order valence-corrected chi connectivity index (χ3v) is 4.39. The average Bonchev–Trinajstić information content (AvgIpc) is 3.07. The van der Waals surface area contributed by atoms with E-state index >= 15 is 0 Å². The van der Waals surface area contributed by atoms with Crippen LogP contribution in [0.5, 0.6) is 5.75 Å². The van der Waals surface area contributed by atoms with Crippen molar-refractivity contribution >= 4 is 27.7 Å². The van der Waals surface area contributed by atoms with Crippen LogP contribution < -0.4 is 10.1 Å². The van der Waals surface area contributed by atoms with Crippen molar-refractivity contribution in [3.05, 3.63) is 76.9 Å². The minimum absolute atomic E-state index is 0.0642. The quantitative estimate of drug-likeness (QED) is 0.553. The summed E-state index contributed by atoms with van der Waals surface area (Å²) in [5.74, 6) is 1.29. The molecule has 0 unspecified atom stereocenters. The van der Waals surface area contributed by atoms with Gasteiger partial charge in [-0.1, -0.05) is 42.5 Å². The van der Waals surface area contributed by atoms with Gasteiger partial charge in [-0.05, 0) is 40.0 Å². The molecule has 2 aromatic carbocycles. The molecule has 3 rings (SSSR count).